The molecule has 0 spiro atoms. The highest BCUT2D eigenvalue weighted by Gasteiger charge is 2.60. The van der Waals surface area contributed by atoms with E-state index in [1.807, 2.05) is 0 Å². The predicted octanol–water partition coefficient (Wildman–Crippen LogP) is 0.727. The van der Waals surface area contributed by atoms with E-state index in [4.69, 9.17) is 5.11 Å². The van der Waals surface area contributed by atoms with E-state index < -0.39 is 5.97 Å². The summed E-state index contributed by atoms with van der Waals surface area (Å²) in [4.78, 5) is 10.2. The first-order chi connectivity index (χ1) is 3.80. The average Bonchev–Trinajstić information content (AvgIpc) is 2.07. The van der Waals surface area contributed by atoms with E-state index in [2.05, 4.69) is 0 Å². The number of fused-ring (bicyclic) bond motifs is 1. The number of carboxylic acid groups (broad SMARTS) is 1. The first-order valence-electron chi connectivity index (χ1n) is 3.03. The summed E-state index contributed by atoms with van der Waals surface area (Å²) in [5, 5.41) is 8.43. The Bertz CT molecular complexity index is 131. The van der Waals surface area contributed by atoms with Gasteiger partial charge < -0.3 is 5.11 Å². The predicted molar refractivity (Wildman–Crippen MR) is 27.3 cm³/mol. The Morgan fingerprint density at radius 2 is 1.88 bits per heavy atom. The molecule has 0 radical (unpaired) electrons. The van der Waals surface area contributed by atoms with Gasteiger partial charge in [0.05, 0.1) is 5.92 Å². The Balaban J connectivity index is 2.04. The Morgan fingerprint density at radius 3 is 2.00 bits per heavy atom. The first kappa shape index (κ1) is 4.36. The quantitative estimate of drug-likeness (QED) is 0.542. The lowest BCUT2D eigenvalue weighted by Crippen LogP contribution is -1.97. The van der Waals surface area contributed by atoms with E-state index in [0.29, 0.717) is 11.8 Å². The molecular weight excluding hydrogens is 104 g/mol. The standard InChI is InChI=1S/C6H8O2/c7-6(8)5-3-1-2-4(3)5/h3-5H,1-2H2,(H,7,8). The summed E-state index contributed by atoms with van der Waals surface area (Å²) in [5.74, 6) is 0.674. The maximum atomic E-state index is 10.2. The largest absolute Gasteiger partial charge is 0.481 e. The van der Waals surface area contributed by atoms with Gasteiger partial charge in [-0.15, -0.1) is 0 Å². The summed E-state index contributed by atoms with van der Waals surface area (Å²) in [5.41, 5.74) is 0. The molecule has 0 saturated heterocycles. The van der Waals surface area contributed by atoms with Crippen LogP contribution in [0.3, 0.4) is 0 Å². The molecule has 0 amide bonds. The molecular formula is C6H8O2. The normalized spacial score (nSPS) is 49.2. The van der Waals surface area contributed by atoms with Crippen LogP contribution in [0.5, 0.6) is 0 Å². The minimum absolute atomic E-state index is 0.0648. The van der Waals surface area contributed by atoms with E-state index in [-0.39, 0.29) is 5.92 Å². The lowest BCUT2D eigenvalue weighted by atomic mass is 10.0. The highest BCUT2D eigenvalue weighted by molar-refractivity contribution is 5.75. The number of aliphatic carboxylic acids is 1. The van der Waals surface area contributed by atoms with Crippen LogP contribution >= 0.6 is 0 Å². The van der Waals surface area contributed by atoms with Crippen molar-refractivity contribution in [3.8, 4) is 0 Å². The Hall–Kier alpha value is -0.530. The minimum atomic E-state index is -0.572. The van der Waals surface area contributed by atoms with E-state index in [1.165, 1.54) is 12.8 Å². The monoisotopic (exact) mass is 112 g/mol. The topological polar surface area (TPSA) is 37.3 Å². The maximum Gasteiger partial charge on any atom is 0.307 e. The van der Waals surface area contributed by atoms with Gasteiger partial charge in [0.15, 0.2) is 0 Å². The molecule has 2 nitrogen and oxygen atoms in total. The van der Waals surface area contributed by atoms with Crippen LogP contribution in [-0.4, -0.2) is 11.1 Å². The van der Waals surface area contributed by atoms with Gasteiger partial charge in [0.1, 0.15) is 0 Å². The zero-order chi connectivity index (χ0) is 5.72. The van der Waals surface area contributed by atoms with Crippen LogP contribution in [0.15, 0.2) is 0 Å². The Kier molecular flexibility index (Phi) is 0.581. The molecule has 0 aromatic heterocycles. The van der Waals surface area contributed by atoms with Gasteiger partial charge in [0.25, 0.3) is 0 Å². The molecule has 0 aromatic rings. The lowest BCUT2D eigenvalue weighted by molar-refractivity contribution is -0.138. The van der Waals surface area contributed by atoms with E-state index in [1.54, 1.807) is 0 Å². The fraction of sp³-hybridized carbons (Fsp3) is 0.833. The SMILES string of the molecule is O=C(O)C1C2CCC21. The average molecular weight is 112 g/mol. The molecule has 0 bridgehead atoms. The molecule has 1 N–H and O–H groups in total. The Morgan fingerprint density at radius 1 is 1.38 bits per heavy atom. The molecule has 2 rings (SSSR count). The fourth-order valence-electron chi connectivity index (χ4n) is 1.72. The molecule has 2 aliphatic rings. The molecule has 0 aromatic carbocycles. The molecule has 2 aliphatic carbocycles. The van der Waals surface area contributed by atoms with Gasteiger partial charge >= 0.3 is 5.97 Å². The fourth-order valence-corrected chi connectivity index (χ4v) is 1.72. The molecule has 2 saturated carbocycles. The highest BCUT2D eigenvalue weighted by atomic mass is 16.4. The van der Waals surface area contributed by atoms with Gasteiger partial charge in [-0.05, 0) is 24.7 Å². The number of rotatable bonds is 1. The van der Waals surface area contributed by atoms with Crippen molar-refractivity contribution in [3.63, 3.8) is 0 Å². The van der Waals surface area contributed by atoms with Crippen molar-refractivity contribution in [3.05, 3.63) is 0 Å². The van der Waals surface area contributed by atoms with Crippen LogP contribution in [0, 0.1) is 17.8 Å². The molecule has 44 valence electrons. The van der Waals surface area contributed by atoms with Crippen LogP contribution in [0.4, 0.5) is 0 Å². The van der Waals surface area contributed by atoms with E-state index in [0.717, 1.165) is 0 Å². The first-order valence-corrected chi connectivity index (χ1v) is 3.03. The third-order valence-electron chi connectivity index (χ3n) is 2.45. The molecule has 2 fully saturated rings. The van der Waals surface area contributed by atoms with Gasteiger partial charge in [-0.1, -0.05) is 0 Å². The van der Waals surface area contributed by atoms with Crippen LogP contribution in [0.1, 0.15) is 12.8 Å². The van der Waals surface area contributed by atoms with Gasteiger partial charge in [-0.25, -0.2) is 0 Å². The summed E-state index contributed by atoms with van der Waals surface area (Å²) in [6, 6.07) is 0. The van der Waals surface area contributed by atoms with Crippen molar-refractivity contribution < 1.29 is 9.90 Å². The second-order valence-corrected chi connectivity index (χ2v) is 2.77. The van der Waals surface area contributed by atoms with E-state index in [9.17, 15) is 4.79 Å². The second-order valence-electron chi connectivity index (χ2n) is 2.77. The molecule has 8 heavy (non-hydrogen) atoms. The Labute approximate surface area is 47.5 Å². The minimum Gasteiger partial charge on any atom is -0.481 e. The molecule has 2 heteroatoms. The number of hydrogen-bond donors (Lipinski definition) is 1. The second kappa shape index (κ2) is 1.07. The van der Waals surface area contributed by atoms with Crippen molar-refractivity contribution >= 4 is 5.97 Å². The summed E-state index contributed by atoms with van der Waals surface area (Å²) in [7, 11) is 0. The highest BCUT2D eigenvalue weighted by Crippen LogP contribution is 2.61. The van der Waals surface area contributed by atoms with Crippen molar-refractivity contribution in [1.82, 2.24) is 0 Å². The number of carbonyl (C=O) groups is 1. The van der Waals surface area contributed by atoms with Crippen molar-refractivity contribution in [2.45, 2.75) is 12.8 Å². The summed E-state index contributed by atoms with van der Waals surface area (Å²) < 4.78 is 0. The molecule has 0 heterocycles. The van der Waals surface area contributed by atoms with Crippen molar-refractivity contribution in [2.24, 2.45) is 17.8 Å². The summed E-state index contributed by atoms with van der Waals surface area (Å²) in [6.07, 6.45) is 2.34. The summed E-state index contributed by atoms with van der Waals surface area (Å²) in [6.45, 7) is 0. The van der Waals surface area contributed by atoms with Crippen LogP contribution in [0.25, 0.3) is 0 Å². The van der Waals surface area contributed by atoms with Crippen molar-refractivity contribution in [2.75, 3.05) is 0 Å². The van der Waals surface area contributed by atoms with Crippen LogP contribution in [-0.2, 0) is 4.79 Å². The third kappa shape index (κ3) is 0.320. The maximum absolute atomic E-state index is 10.2. The van der Waals surface area contributed by atoms with Crippen LogP contribution < -0.4 is 0 Å². The third-order valence-corrected chi connectivity index (χ3v) is 2.45. The molecule has 0 aliphatic heterocycles. The van der Waals surface area contributed by atoms with Gasteiger partial charge in [0.2, 0.25) is 0 Å². The van der Waals surface area contributed by atoms with Gasteiger partial charge in [0, 0.05) is 0 Å². The molecule has 2 unspecified atom stereocenters. The van der Waals surface area contributed by atoms with Crippen molar-refractivity contribution in [1.29, 1.82) is 0 Å². The number of carboxylic acids is 1. The summed E-state index contributed by atoms with van der Waals surface area (Å²) >= 11 is 0. The van der Waals surface area contributed by atoms with Crippen LogP contribution in [0.2, 0.25) is 0 Å². The molecule has 2 atom stereocenters. The lowest BCUT2D eigenvalue weighted by Gasteiger charge is -2.04. The zero-order valence-corrected chi connectivity index (χ0v) is 4.50. The zero-order valence-electron chi connectivity index (χ0n) is 4.50. The van der Waals surface area contributed by atoms with Gasteiger partial charge in [-0.3, -0.25) is 4.79 Å². The number of hydrogen-bond acceptors (Lipinski definition) is 1. The van der Waals surface area contributed by atoms with E-state index >= 15 is 0 Å². The van der Waals surface area contributed by atoms with Gasteiger partial charge in [-0.2, -0.15) is 0 Å². The smallest absolute Gasteiger partial charge is 0.307 e.